The number of carbonyl (C=O) groups is 1. The van der Waals surface area contributed by atoms with Gasteiger partial charge >= 0.3 is 0 Å². The van der Waals surface area contributed by atoms with Crippen molar-refractivity contribution in [2.75, 3.05) is 38.7 Å². The highest BCUT2D eigenvalue weighted by Crippen LogP contribution is 2.31. The summed E-state index contributed by atoms with van der Waals surface area (Å²) >= 11 is 6.27. The molecular weight excluding hydrogens is 356 g/mol. The second-order valence-corrected chi connectivity index (χ2v) is 6.58. The molecule has 0 radical (unpaired) electrons. The summed E-state index contributed by atoms with van der Waals surface area (Å²) in [5.41, 5.74) is -0.0707. The smallest absolute Gasteiger partial charge is 0.252 e. The van der Waals surface area contributed by atoms with Gasteiger partial charge in [-0.25, -0.2) is 0 Å². The Morgan fingerprint density at radius 1 is 1.38 bits per heavy atom. The molecule has 1 amide bonds. The summed E-state index contributed by atoms with van der Waals surface area (Å²) < 4.78 is 12.3. The van der Waals surface area contributed by atoms with Crippen molar-refractivity contribution in [1.82, 2.24) is 15.1 Å². The number of nitrogens with one attached hydrogen (secondary N) is 2. The number of hydrogen-bond acceptors (Lipinski definition) is 5. The van der Waals surface area contributed by atoms with Crippen molar-refractivity contribution in [1.29, 1.82) is 0 Å². The molecular formula is C18H23ClN4O3. The van der Waals surface area contributed by atoms with Crippen molar-refractivity contribution in [3.8, 4) is 5.75 Å². The van der Waals surface area contributed by atoms with Crippen LogP contribution in [0.15, 0.2) is 36.7 Å². The molecule has 26 heavy (non-hydrogen) atoms. The number of aromatic nitrogens is 2. The van der Waals surface area contributed by atoms with Crippen LogP contribution in [0.2, 0.25) is 5.02 Å². The normalized spacial score (nSPS) is 16.2. The highest BCUT2D eigenvalue weighted by Gasteiger charge is 2.42. The van der Waals surface area contributed by atoms with Gasteiger partial charge in [0.05, 0.1) is 11.6 Å². The van der Waals surface area contributed by atoms with Gasteiger partial charge < -0.3 is 20.1 Å². The topological polar surface area (TPSA) is 77.4 Å². The second kappa shape index (κ2) is 8.53. The standard InChI is InChI=1S/C18H23ClN4O3/c1-25-11-12-26-16-4-3-14(13-15(16)19)22-17(24)18(5-8-20-9-6-18)23-10-2-7-21-23/h2-4,7,10,13,20H,5-6,8-9,11-12H2,1H3,(H,22,24). The summed E-state index contributed by atoms with van der Waals surface area (Å²) in [7, 11) is 1.61. The Bertz CT molecular complexity index is 730. The van der Waals surface area contributed by atoms with Gasteiger partial charge in [0.1, 0.15) is 17.9 Å². The van der Waals surface area contributed by atoms with Crippen LogP contribution < -0.4 is 15.4 Å². The fourth-order valence-electron chi connectivity index (χ4n) is 3.10. The maximum atomic E-state index is 13.1. The third-order valence-corrected chi connectivity index (χ3v) is 4.83. The van der Waals surface area contributed by atoms with Crippen molar-refractivity contribution >= 4 is 23.2 Å². The summed E-state index contributed by atoms with van der Waals surface area (Å²) in [6, 6.07) is 7.06. The number of carbonyl (C=O) groups excluding carboxylic acids is 1. The summed E-state index contributed by atoms with van der Waals surface area (Å²) in [6.45, 7) is 2.42. The van der Waals surface area contributed by atoms with E-state index in [9.17, 15) is 4.79 Å². The van der Waals surface area contributed by atoms with Crippen LogP contribution in [-0.2, 0) is 15.1 Å². The fourth-order valence-corrected chi connectivity index (χ4v) is 3.34. The molecule has 1 aromatic carbocycles. The van der Waals surface area contributed by atoms with Crippen molar-refractivity contribution < 1.29 is 14.3 Å². The van der Waals surface area contributed by atoms with E-state index in [2.05, 4.69) is 15.7 Å². The number of halogens is 1. The molecule has 140 valence electrons. The first-order valence-electron chi connectivity index (χ1n) is 8.59. The zero-order valence-corrected chi connectivity index (χ0v) is 15.5. The predicted octanol–water partition coefficient (Wildman–Crippen LogP) is 2.28. The summed E-state index contributed by atoms with van der Waals surface area (Å²) in [5, 5.41) is 11.0. The second-order valence-electron chi connectivity index (χ2n) is 6.17. The van der Waals surface area contributed by atoms with Gasteiger partial charge in [-0.1, -0.05) is 11.6 Å². The molecule has 1 aliphatic rings. The van der Waals surface area contributed by atoms with Crippen LogP contribution in [0.1, 0.15) is 12.8 Å². The molecule has 1 aromatic heterocycles. The van der Waals surface area contributed by atoms with Gasteiger partial charge in [-0.15, -0.1) is 0 Å². The maximum Gasteiger partial charge on any atom is 0.252 e. The number of ether oxygens (including phenoxy) is 2. The minimum Gasteiger partial charge on any atom is -0.490 e. The van der Waals surface area contributed by atoms with E-state index in [1.54, 1.807) is 36.2 Å². The molecule has 1 fully saturated rings. The molecule has 8 heteroatoms. The van der Waals surface area contributed by atoms with E-state index in [1.807, 2.05) is 12.3 Å². The van der Waals surface area contributed by atoms with Gasteiger partial charge in [-0.05, 0) is 50.2 Å². The van der Waals surface area contributed by atoms with E-state index < -0.39 is 5.54 Å². The zero-order valence-electron chi connectivity index (χ0n) is 14.7. The van der Waals surface area contributed by atoms with E-state index >= 15 is 0 Å². The van der Waals surface area contributed by atoms with E-state index in [1.165, 1.54) is 0 Å². The van der Waals surface area contributed by atoms with E-state index in [0.29, 0.717) is 42.5 Å². The third-order valence-electron chi connectivity index (χ3n) is 4.53. The van der Waals surface area contributed by atoms with Crippen LogP contribution in [0.5, 0.6) is 5.75 Å². The highest BCUT2D eigenvalue weighted by atomic mass is 35.5. The number of benzene rings is 1. The molecule has 2 heterocycles. The van der Waals surface area contributed by atoms with Crippen molar-refractivity contribution in [2.24, 2.45) is 0 Å². The Morgan fingerprint density at radius 2 is 2.19 bits per heavy atom. The van der Waals surface area contributed by atoms with Crippen LogP contribution in [0.4, 0.5) is 5.69 Å². The molecule has 0 bridgehead atoms. The molecule has 0 atom stereocenters. The van der Waals surface area contributed by atoms with E-state index in [4.69, 9.17) is 21.1 Å². The van der Waals surface area contributed by atoms with E-state index in [0.717, 1.165) is 13.1 Å². The molecule has 1 aliphatic heterocycles. The summed E-state index contributed by atoms with van der Waals surface area (Å²) in [4.78, 5) is 13.1. The van der Waals surface area contributed by atoms with Gasteiger partial charge in [0.25, 0.3) is 5.91 Å². The molecule has 2 aromatic rings. The number of rotatable bonds is 7. The molecule has 7 nitrogen and oxygen atoms in total. The number of anilines is 1. The van der Waals surface area contributed by atoms with Crippen LogP contribution >= 0.6 is 11.6 Å². The average molecular weight is 379 g/mol. The quantitative estimate of drug-likeness (QED) is 0.723. The number of nitrogens with zero attached hydrogens (tertiary/aromatic N) is 2. The van der Waals surface area contributed by atoms with Crippen molar-refractivity contribution in [3.05, 3.63) is 41.7 Å². The first kappa shape index (κ1) is 18.7. The molecule has 2 N–H and O–H groups in total. The number of methoxy groups -OCH3 is 1. The average Bonchev–Trinajstić information content (AvgIpc) is 3.19. The zero-order chi connectivity index (χ0) is 18.4. The number of amides is 1. The number of hydrogen-bond donors (Lipinski definition) is 2. The Hall–Kier alpha value is -2.09. The molecule has 0 saturated carbocycles. The predicted molar refractivity (Wildman–Crippen MR) is 99.8 cm³/mol. The number of piperidine rings is 1. The third kappa shape index (κ3) is 4.00. The molecule has 0 aliphatic carbocycles. The van der Waals surface area contributed by atoms with Crippen molar-refractivity contribution in [3.63, 3.8) is 0 Å². The van der Waals surface area contributed by atoms with Crippen molar-refractivity contribution in [2.45, 2.75) is 18.4 Å². The summed E-state index contributed by atoms with van der Waals surface area (Å²) in [6.07, 6.45) is 4.88. The van der Waals surface area contributed by atoms with Crippen LogP contribution in [0, 0.1) is 0 Å². The van der Waals surface area contributed by atoms with Gasteiger partial charge in [-0.2, -0.15) is 5.10 Å². The van der Waals surface area contributed by atoms with E-state index in [-0.39, 0.29) is 5.91 Å². The fraction of sp³-hybridized carbons (Fsp3) is 0.444. The molecule has 0 unspecified atom stereocenters. The van der Waals surface area contributed by atoms with Crippen LogP contribution in [0.25, 0.3) is 0 Å². The molecule has 3 rings (SSSR count). The lowest BCUT2D eigenvalue weighted by Gasteiger charge is -2.36. The lowest BCUT2D eigenvalue weighted by Crippen LogP contribution is -2.52. The lowest BCUT2D eigenvalue weighted by atomic mass is 9.87. The van der Waals surface area contributed by atoms with Gasteiger partial charge in [0.2, 0.25) is 0 Å². The Kier molecular flexibility index (Phi) is 6.13. The minimum absolute atomic E-state index is 0.0909. The monoisotopic (exact) mass is 378 g/mol. The lowest BCUT2D eigenvalue weighted by molar-refractivity contribution is -0.126. The highest BCUT2D eigenvalue weighted by molar-refractivity contribution is 6.32. The van der Waals surface area contributed by atoms with Crippen LogP contribution in [0.3, 0.4) is 0 Å². The van der Waals surface area contributed by atoms with Gasteiger partial charge in [-0.3, -0.25) is 9.48 Å². The maximum absolute atomic E-state index is 13.1. The largest absolute Gasteiger partial charge is 0.490 e. The molecule has 0 spiro atoms. The van der Waals surface area contributed by atoms with Gasteiger partial charge in [0, 0.05) is 25.2 Å². The van der Waals surface area contributed by atoms with Gasteiger partial charge in [0.15, 0.2) is 0 Å². The Labute approximate surface area is 157 Å². The molecule has 1 saturated heterocycles. The SMILES string of the molecule is COCCOc1ccc(NC(=O)C2(n3cccn3)CCNCC2)cc1Cl. The summed E-state index contributed by atoms with van der Waals surface area (Å²) in [5.74, 6) is 0.470. The Morgan fingerprint density at radius 3 is 2.85 bits per heavy atom. The first-order chi connectivity index (χ1) is 12.7. The first-order valence-corrected chi connectivity index (χ1v) is 8.97. The minimum atomic E-state index is -0.700. The van der Waals surface area contributed by atoms with Crippen LogP contribution in [-0.4, -0.2) is 49.1 Å². The Balaban J connectivity index is 1.74.